The number of rotatable bonds is 4. The molecule has 12 heteroatoms. The summed E-state index contributed by atoms with van der Waals surface area (Å²) in [6, 6.07) is 3.64. The molecular weight excluding hydrogens is 438 g/mol. The van der Waals surface area contributed by atoms with Crippen molar-refractivity contribution in [2.45, 2.75) is 13.1 Å². The van der Waals surface area contributed by atoms with Gasteiger partial charge in [0.05, 0.1) is 38.9 Å². The van der Waals surface area contributed by atoms with Crippen LogP contribution in [0.4, 0.5) is 18.9 Å². The highest BCUT2D eigenvalue weighted by Crippen LogP contribution is 2.39. The normalized spacial score (nSPS) is 11.7. The first-order chi connectivity index (χ1) is 13.5. The summed E-state index contributed by atoms with van der Waals surface area (Å²) in [6.45, 7) is 1.53. The predicted molar refractivity (Wildman–Crippen MR) is 98.7 cm³/mol. The molecule has 3 rings (SSSR count). The number of fused-ring (bicyclic) bond motifs is 1. The predicted octanol–water partition coefficient (Wildman–Crippen LogP) is 5.44. The van der Waals surface area contributed by atoms with E-state index in [9.17, 15) is 28.1 Å². The van der Waals surface area contributed by atoms with Crippen molar-refractivity contribution in [1.82, 2.24) is 9.78 Å². The van der Waals surface area contributed by atoms with E-state index in [1.807, 2.05) is 0 Å². The van der Waals surface area contributed by atoms with Crippen molar-refractivity contribution < 1.29 is 27.6 Å². The maximum atomic E-state index is 13.0. The van der Waals surface area contributed by atoms with Crippen LogP contribution in [0.3, 0.4) is 0 Å². The number of alkyl halides is 3. The van der Waals surface area contributed by atoms with Gasteiger partial charge in [-0.1, -0.05) is 23.2 Å². The number of esters is 1. The van der Waals surface area contributed by atoms with E-state index in [-0.39, 0.29) is 38.8 Å². The first kappa shape index (κ1) is 20.9. The summed E-state index contributed by atoms with van der Waals surface area (Å²) in [4.78, 5) is 22.7. The summed E-state index contributed by atoms with van der Waals surface area (Å²) in [5, 5.41) is 14.9. The van der Waals surface area contributed by atoms with Crippen molar-refractivity contribution in [1.29, 1.82) is 0 Å². The standard InChI is InChI=1S/C17H10Cl2F3N3O4/c1-2-29-16(26)10-6-13-8(3-14(10)25(27)28)7-23-24(13)15-11(18)4-9(5-12(15)19)17(20,21)22/h3-7H,2H2,1H3. The lowest BCUT2D eigenvalue weighted by atomic mass is 10.1. The Morgan fingerprint density at radius 1 is 1.24 bits per heavy atom. The number of carbonyl (C=O) groups excluding carboxylic acids is 1. The summed E-state index contributed by atoms with van der Waals surface area (Å²) >= 11 is 12.0. The quantitative estimate of drug-likeness (QED) is 0.302. The Kier molecular flexibility index (Phi) is 5.42. The van der Waals surface area contributed by atoms with E-state index in [1.54, 1.807) is 0 Å². The van der Waals surface area contributed by atoms with Crippen LogP contribution in [-0.4, -0.2) is 27.3 Å². The van der Waals surface area contributed by atoms with Crippen molar-refractivity contribution in [2.75, 3.05) is 6.61 Å². The average molecular weight is 448 g/mol. The maximum Gasteiger partial charge on any atom is 0.416 e. The zero-order chi connectivity index (χ0) is 21.5. The van der Waals surface area contributed by atoms with E-state index in [4.69, 9.17) is 27.9 Å². The van der Waals surface area contributed by atoms with Gasteiger partial charge in [0.15, 0.2) is 0 Å². The molecule has 29 heavy (non-hydrogen) atoms. The van der Waals surface area contributed by atoms with Gasteiger partial charge in [-0.3, -0.25) is 10.1 Å². The molecule has 0 aliphatic rings. The van der Waals surface area contributed by atoms with Gasteiger partial charge in [-0.2, -0.15) is 18.3 Å². The van der Waals surface area contributed by atoms with Crippen molar-refractivity contribution in [2.24, 2.45) is 0 Å². The lowest BCUT2D eigenvalue weighted by Gasteiger charge is -2.13. The fourth-order valence-electron chi connectivity index (χ4n) is 2.70. The molecule has 1 aromatic heterocycles. The third-order valence-corrected chi connectivity index (χ3v) is 4.51. The summed E-state index contributed by atoms with van der Waals surface area (Å²) in [7, 11) is 0. The molecular formula is C17H10Cl2F3N3O4. The Morgan fingerprint density at radius 3 is 2.38 bits per heavy atom. The number of halogens is 5. The smallest absolute Gasteiger partial charge is 0.416 e. The highest BCUT2D eigenvalue weighted by molar-refractivity contribution is 6.38. The molecule has 0 spiro atoms. The van der Waals surface area contributed by atoms with Gasteiger partial charge in [0.2, 0.25) is 0 Å². The fraction of sp³-hybridized carbons (Fsp3) is 0.176. The molecule has 0 N–H and O–H groups in total. The number of nitro groups is 1. The Bertz CT molecular complexity index is 1120. The molecule has 152 valence electrons. The Morgan fingerprint density at radius 2 is 1.86 bits per heavy atom. The van der Waals surface area contributed by atoms with Crippen molar-refractivity contribution >= 4 is 45.8 Å². The zero-order valence-electron chi connectivity index (χ0n) is 14.5. The van der Waals surface area contributed by atoms with Crippen molar-refractivity contribution in [3.8, 4) is 5.69 Å². The van der Waals surface area contributed by atoms with E-state index in [1.165, 1.54) is 13.1 Å². The van der Waals surface area contributed by atoms with Gasteiger partial charge in [-0.05, 0) is 25.1 Å². The summed E-state index contributed by atoms with van der Waals surface area (Å²) in [6.07, 6.45) is -3.42. The van der Waals surface area contributed by atoms with E-state index in [0.717, 1.165) is 16.8 Å². The van der Waals surface area contributed by atoms with E-state index in [0.29, 0.717) is 12.1 Å². The lowest BCUT2D eigenvalue weighted by molar-refractivity contribution is -0.385. The van der Waals surface area contributed by atoms with Crippen LogP contribution in [0.5, 0.6) is 0 Å². The zero-order valence-corrected chi connectivity index (χ0v) is 16.0. The second-order valence-electron chi connectivity index (χ2n) is 5.75. The van der Waals surface area contributed by atoms with Crippen LogP contribution in [0.15, 0.2) is 30.5 Å². The average Bonchev–Trinajstić information content (AvgIpc) is 3.02. The van der Waals surface area contributed by atoms with Crippen molar-refractivity contribution in [3.63, 3.8) is 0 Å². The molecule has 0 bridgehead atoms. The van der Waals surface area contributed by atoms with Gasteiger partial charge in [0.25, 0.3) is 5.69 Å². The largest absolute Gasteiger partial charge is 0.462 e. The topological polar surface area (TPSA) is 87.3 Å². The molecule has 0 amide bonds. The SMILES string of the molecule is CCOC(=O)c1cc2c(cnn2-c2c(Cl)cc(C(F)(F)F)cc2Cl)cc1[N+](=O)[O-]. The molecule has 0 saturated carbocycles. The molecule has 3 aromatic rings. The molecule has 0 saturated heterocycles. The van der Waals surface area contributed by atoms with Crippen LogP contribution in [0.1, 0.15) is 22.8 Å². The van der Waals surface area contributed by atoms with E-state index < -0.39 is 28.3 Å². The van der Waals surface area contributed by atoms with Crippen LogP contribution in [0.25, 0.3) is 16.6 Å². The molecule has 0 fully saturated rings. The minimum absolute atomic E-state index is 0.0101. The third kappa shape index (κ3) is 3.85. The number of benzene rings is 2. The van der Waals surface area contributed by atoms with Crippen LogP contribution in [0.2, 0.25) is 10.0 Å². The Hall–Kier alpha value is -2.85. The van der Waals surface area contributed by atoms with Gasteiger partial charge in [0, 0.05) is 11.5 Å². The second-order valence-corrected chi connectivity index (χ2v) is 6.56. The number of nitrogens with zero attached hydrogens (tertiary/aromatic N) is 3. The molecule has 0 radical (unpaired) electrons. The number of nitro benzene ring substituents is 1. The first-order valence-corrected chi connectivity index (χ1v) is 8.70. The third-order valence-electron chi connectivity index (χ3n) is 3.93. The number of ether oxygens (including phenoxy) is 1. The number of carbonyl (C=O) groups is 1. The fourth-order valence-corrected chi connectivity index (χ4v) is 3.34. The van der Waals surface area contributed by atoms with Gasteiger partial charge >= 0.3 is 12.1 Å². The number of aromatic nitrogens is 2. The van der Waals surface area contributed by atoms with Crippen LogP contribution >= 0.6 is 23.2 Å². The Labute approximate surface area is 170 Å². The summed E-state index contributed by atoms with van der Waals surface area (Å²) in [5.74, 6) is -0.932. The molecule has 0 aliphatic heterocycles. The highest BCUT2D eigenvalue weighted by Gasteiger charge is 2.32. The molecule has 7 nitrogen and oxygen atoms in total. The maximum absolute atomic E-state index is 13.0. The lowest BCUT2D eigenvalue weighted by Crippen LogP contribution is -2.09. The van der Waals surface area contributed by atoms with E-state index >= 15 is 0 Å². The number of hydrogen-bond acceptors (Lipinski definition) is 5. The Balaban J connectivity index is 2.26. The van der Waals surface area contributed by atoms with Gasteiger partial charge in [-0.15, -0.1) is 0 Å². The van der Waals surface area contributed by atoms with Crippen molar-refractivity contribution in [3.05, 3.63) is 61.7 Å². The molecule has 0 aliphatic carbocycles. The monoisotopic (exact) mass is 447 g/mol. The van der Waals surface area contributed by atoms with Crippen LogP contribution in [0, 0.1) is 10.1 Å². The van der Waals surface area contributed by atoms with Gasteiger partial charge in [0.1, 0.15) is 11.3 Å². The van der Waals surface area contributed by atoms with Gasteiger partial charge in [-0.25, -0.2) is 9.48 Å². The van der Waals surface area contributed by atoms with Gasteiger partial charge < -0.3 is 4.74 Å². The second kappa shape index (κ2) is 7.53. The first-order valence-electron chi connectivity index (χ1n) is 7.94. The highest BCUT2D eigenvalue weighted by atomic mass is 35.5. The minimum Gasteiger partial charge on any atom is -0.462 e. The molecule has 0 unspecified atom stereocenters. The summed E-state index contributed by atoms with van der Waals surface area (Å²) in [5.41, 5.74) is -1.79. The van der Waals surface area contributed by atoms with Crippen LogP contribution < -0.4 is 0 Å². The van der Waals surface area contributed by atoms with Crippen LogP contribution in [-0.2, 0) is 10.9 Å². The minimum atomic E-state index is -4.66. The van der Waals surface area contributed by atoms with E-state index in [2.05, 4.69) is 5.10 Å². The molecule has 0 atom stereocenters. The molecule has 2 aromatic carbocycles. The molecule has 1 heterocycles. The number of hydrogen-bond donors (Lipinski definition) is 0. The summed E-state index contributed by atoms with van der Waals surface area (Å²) < 4.78 is 44.8.